The number of urea groups is 1. The van der Waals surface area contributed by atoms with Crippen molar-refractivity contribution >= 4 is 12.0 Å². The first-order valence-corrected chi connectivity index (χ1v) is 5.49. The second kappa shape index (κ2) is 8.77. The predicted octanol–water partition coefficient (Wildman–Crippen LogP) is -0.454. The summed E-state index contributed by atoms with van der Waals surface area (Å²) in [5.41, 5.74) is 0. The lowest BCUT2D eigenvalue weighted by Gasteiger charge is -2.17. The van der Waals surface area contributed by atoms with Crippen molar-refractivity contribution in [2.45, 2.75) is 32.4 Å². The molecule has 4 N–H and O–H groups in total. The number of rotatable bonds is 8. The van der Waals surface area contributed by atoms with Crippen LogP contribution >= 0.6 is 0 Å². The summed E-state index contributed by atoms with van der Waals surface area (Å²) in [6.45, 7) is 4.20. The van der Waals surface area contributed by atoms with Gasteiger partial charge in [0.1, 0.15) is 6.04 Å². The second-order valence-corrected chi connectivity index (χ2v) is 3.58. The zero-order valence-electron chi connectivity index (χ0n) is 10.1. The molecule has 0 aliphatic carbocycles. The molecule has 0 bridgehead atoms. The Bertz CT molecular complexity index is 247. The Balaban J connectivity index is 4.00. The Hall–Kier alpha value is -1.34. The first kappa shape index (κ1) is 15.7. The summed E-state index contributed by atoms with van der Waals surface area (Å²) >= 11 is 0. The zero-order valence-corrected chi connectivity index (χ0v) is 10.1. The molecule has 2 atom stereocenters. The molecule has 2 amide bonds. The number of ether oxygens (including phenoxy) is 1. The van der Waals surface area contributed by atoms with E-state index in [0.29, 0.717) is 13.2 Å². The molecule has 0 rings (SSSR count). The highest BCUT2D eigenvalue weighted by Crippen LogP contribution is 1.92. The standard InChI is InChI=1S/C10H20N2O5/c1-3-17-6-7(2)11-10(16)12-8(4-5-13)9(14)15/h7-8,13H,3-6H2,1-2H3,(H,14,15)(H2,11,12,16)/t7?,8-/m0/s1. The van der Waals surface area contributed by atoms with Gasteiger partial charge in [0.15, 0.2) is 0 Å². The quantitative estimate of drug-likeness (QED) is 0.465. The van der Waals surface area contributed by atoms with Gasteiger partial charge >= 0.3 is 12.0 Å². The van der Waals surface area contributed by atoms with Crippen molar-refractivity contribution in [3.05, 3.63) is 0 Å². The van der Waals surface area contributed by atoms with Crippen LogP contribution in [0.2, 0.25) is 0 Å². The second-order valence-electron chi connectivity index (χ2n) is 3.58. The molecule has 0 saturated heterocycles. The molecule has 0 radical (unpaired) electrons. The van der Waals surface area contributed by atoms with Gasteiger partial charge in [0.2, 0.25) is 0 Å². The van der Waals surface area contributed by atoms with Gasteiger partial charge in [-0.15, -0.1) is 0 Å². The molecule has 0 aromatic rings. The Morgan fingerprint density at radius 3 is 2.47 bits per heavy atom. The van der Waals surface area contributed by atoms with Gasteiger partial charge in [-0.1, -0.05) is 0 Å². The number of aliphatic hydroxyl groups is 1. The van der Waals surface area contributed by atoms with Crippen LogP contribution in [-0.4, -0.2) is 54.1 Å². The molecular weight excluding hydrogens is 228 g/mol. The van der Waals surface area contributed by atoms with Crippen molar-refractivity contribution < 1.29 is 24.5 Å². The third kappa shape index (κ3) is 7.53. The molecule has 7 nitrogen and oxygen atoms in total. The van der Waals surface area contributed by atoms with Gasteiger partial charge in [0.05, 0.1) is 12.6 Å². The molecule has 100 valence electrons. The molecule has 0 spiro atoms. The van der Waals surface area contributed by atoms with Crippen LogP contribution in [-0.2, 0) is 9.53 Å². The van der Waals surface area contributed by atoms with E-state index in [1.54, 1.807) is 6.92 Å². The molecule has 17 heavy (non-hydrogen) atoms. The van der Waals surface area contributed by atoms with Crippen molar-refractivity contribution in [1.82, 2.24) is 10.6 Å². The lowest BCUT2D eigenvalue weighted by molar-refractivity contribution is -0.139. The highest BCUT2D eigenvalue weighted by atomic mass is 16.5. The van der Waals surface area contributed by atoms with Crippen LogP contribution in [0.5, 0.6) is 0 Å². The summed E-state index contributed by atoms with van der Waals surface area (Å²) in [5, 5.41) is 22.2. The van der Waals surface area contributed by atoms with E-state index in [1.165, 1.54) is 0 Å². The van der Waals surface area contributed by atoms with E-state index in [9.17, 15) is 9.59 Å². The first-order chi connectivity index (χ1) is 8.01. The number of carbonyl (C=O) groups excluding carboxylic acids is 1. The van der Waals surface area contributed by atoms with Crippen molar-refractivity contribution in [2.75, 3.05) is 19.8 Å². The van der Waals surface area contributed by atoms with E-state index >= 15 is 0 Å². The van der Waals surface area contributed by atoms with Crippen LogP contribution in [0.15, 0.2) is 0 Å². The Morgan fingerprint density at radius 2 is 2.00 bits per heavy atom. The molecule has 7 heteroatoms. The lowest BCUT2D eigenvalue weighted by atomic mass is 10.2. The zero-order chi connectivity index (χ0) is 13.3. The average molecular weight is 248 g/mol. The molecule has 1 unspecified atom stereocenters. The maximum atomic E-state index is 11.4. The van der Waals surface area contributed by atoms with Gasteiger partial charge in [0, 0.05) is 19.6 Å². The van der Waals surface area contributed by atoms with Crippen molar-refractivity contribution in [2.24, 2.45) is 0 Å². The molecule has 0 aliphatic rings. The summed E-state index contributed by atoms with van der Waals surface area (Å²) in [4.78, 5) is 22.1. The maximum Gasteiger partial charge on any atom is 0.326 e. The first-order valence-electron chi connectivity index (χ1n) is 5.49. The number of carboxylic acids is 1. The van der Waals surface area contributed by atoms with Crippen LogP contribution in [0, 0.1) is 0 Å². The molecule has 0 aliphatic heterocycles. The highest BCUT2D eigenvalue weighted by Gasteiger charge is 2.19. The lowest BCUT2D eigenvalue weighted by Crippen LogP contribution is -2.49. The van der Waals surface area contributed by atoms with Gasteiger partial charge < -0.3 is 25.6 Å². The summed E-state index contributed by atoms with van der Waals surface area (Å²) in [7, 11) is 0. The summed E-state index contributed by atoms with van der Waals surface area (Å²) in [6, 6.07) is -1.88. The number of carbonyl (C=O) groups is 2. The predicted molar refractivity (Wildman–Crippen MR) is 60.7 cm³/mol. The van der Waals surface area contributed by atoms with Crippen LogP contribution in [0.4, 0.5) is 4.79 Å². The van der Waals surface area contributed by atoms with E-state index in [-0.39, 0.29) is 19.1 Å². The molecule has 0 aromatic carbocycles. The number of carboxylic acid groups (broad SMARTS) is 1. The van der Waals surface area contributed by atoms with Crippen LogP contribution < -0.4 is 10.6 Å². The molecule has 0 heterocycles. The SMILES string of the molecule is CCOCC(C)NC(=O)N[C@@H](CCO)C(=O)O. The fourth-order valence-corrected chi connectivity index (χ4v) is 1.15. The molecule has 0 saturated carbocycles. The van der Waals surface area contributed by atoms with E-state index < -0.39 is 18.0 Å². The van der Waals surface area contributed by atoms with Gasteiger partial charge in [-0.05, 0) is 13.8 Å². The van der Waals surface area contributed by atoms with Gasteiger partial charge in [0.25, 0.3) is 0 Å². The Kier molecular flexibility index (Phi) is 8.08. The number of aliphatic hydroxyl groups excluding tert-OH is 1. The minimum Gasteiger partial charge on any atom is -0.480 e. The van der Waals surface area contributed by atoms with Crippen molar-refractivity contribution in [3.8, 4) is 0 Å². The van der Waals surface area contributed by atoms with Crippen LogP contribution in [0.25, 0.3) is 0 Å². The van der Waals surface area contributed by atoms with Crippen molar-refractivity contribution in [1.29, 1.82) is 0 Å². The van der Waals surface area contributed by atoms with E-state index in [2.05, 4.69) is 10.6 Å². The highest BCUT2D eigenvalue weighted by molar-refractivity contribution is 5.82. The third-order valence-electron chi connectivity index (χ3n) is 1.97. The summed E-state index contributed by atoms with van der Waals surface area (Å²) in [5.74, 6) is -1.17. The molecule has 0 aromatic heterocycles. The number of hydrogen-bond acceptors (Lipinski definition) is 4. The normalized spacial score (nSPS) is 13.8. The number of nitrogens with one attached hydrogen (secondary N) is 2. The maximum absolute atomic E-state index is 11.4. The van der Waals surface area contributed by atoms with Crippen LogP contribution in [0.3, 0.4) is 0 Å². The number of hydrogen-bond donors (Lipinski definition) is 4. The minimum atomic E-state index is -1.17. The van der Waals surface area contributed by atoms with Gasteiger partial charge in [-0.25, -0.2) is 9.59 Å². The summed E-state index contributed by atoms with van der Waals surface area (Å²) < 4.78 is 5.10. The largest absolute Gasteiger partial charge is 0.480 e. The van der Waals surface area contributed by atoms with Crippen LogP contribution in [0.1, 0.15) is 20.3 Å². The molecule has 0 fully saturated rings. The van der Waals surface area contributed by atoms with Gasteiger partial charge in [-0.2, -0.15) is 0 Å². The van der Waals surface area contributed by atoms with E-state index in [0.717, 1.165) is 0 Å². The topological polar surface area (TPSA) is 108 Å². The Morgan fingerprint density at radius 1 is 1.35 bits per heavy atom. The van der Waals surface area contributed by atoms with Crippen molar-refractivity contribution in [3.63, 3.8) is 0 Å². The Labute approximate surface area is 100 Å². The monoisotopic (exact) mass is 248 g/mol. The fraction of sp³-hybridized carbons (Fsp3) is 0.800. The van der Waals surface area contributed by atoms with E-state index in [1.807, 2.05) is 6.92 Å². The third-order valence-corrected chi connectivity index (χ3v) is 1.97. The average Bonchev–Trinajstić information content (AvgIpc) is 2.25. The van der Waals surface area contributed by atoms with Gasteiger partial charge in [-0.3, -0.25) is 0 Å². The number of aliphatic carboxylic acids is 1. The number of amides is 2. The fourth-order valence-electron chi connectivity index (χ4n) is 1.15. The van der Waals surface area contributed by atoms with E-state index in [4.69, 9.17) is 14.9 Å². The smallest absolute Gasteiger partial charge is 0.326 e. The molecular formula is C10H20N2O5. The minimum absolute atomic E-state index is 0.0252. The summed E-state index contributed by atoms with van der Waals surface area (Å²) in [6.07, 6.45) is -0.0252.